The molecule has 0 saturated carbocycles. The van der Waals surface area contributed by atoms with E-state index in [1.54, 1.807) is 0 Å². The second-order valence-corrected chi connectivity index (χ2v) is 5.61. The number of benzene rings is 2. The van der Waals surface area contributed by atoms with E-state index in [1.165, 1.54) is 11.1 Å². The van der Waals surface area contributed by atoms with Crippen LogP contribution in [0.4, 0.5) is 5.69 Å². The maximum absolute atomic E-state index is 5.71. The summed E-state index contributed by atoms with van der Waals surface area (Å²) >= 11 is 0. The highest BCUT2D eigenvalue weighted by Crippen LogP contribution is 2.28. The summed E-state index contributed by atoms with van der Waals surface area (Å²) in [5, 5.41) is 3.54. The monoisotopic (exact) mass is 283 g/mol. The minimum absolute atomic E-state index is 0.206. The van der Waals surface area contributed by atoms with Gasteiger partial charge in [0.1, 0.15) is 5.75 Å². The van der Waals surface area contributed by atoms with E-state index in [-0.39, 0.29) is 6.04 Å². The van der Waals surface area contributed by atoms with Crippen molar-refractivity contribution in [2.75, 3.05) is 11.9 Å². The molecule has 2 heteroatoms. The third-order valence-electron chi connectivity index (χ3n) is 3.65. The average molecular weight is 283 g/mol. The van der Waals surface area contributed by atoms with E-state index in [0.717, 1.165) is 11.4 Å². The highest BCUT2D eigenvalue weighted by molar-refractivity contribution is 5.49. The second kappa shape index (κ2) is 7.16. The van der Waals surface area contributed by atoms with Gasteiger partial charge < -0.3 is 10.1 Å². The van der Waals surface area contributed by atoms with Gasteiger partial charge in [-0.1, -0.05) is 44.2 Å². The van der Waals surface area contributed by atoms with Crippen molar-refractivity contribution in [3.63, 3.8) is 0 Å². The van der Waals surface area contributed by atoms with Crippen LogP contribution in [0, 0.1) is 0 Å². The molecule has 2 nitrogen and oxygen atoms in total. The zero-order valence-electron chi connectivity index (χ0n) is 13.4. The zero-order valence-corrected chi connectivity index (χ0v) is 13.4. The average Bonchev–Trinajstić information content (AvgIpc) is 2.48. The van der Waals surface area contributed by atoms with Crippen LogP contribution in [0.25, 0.3) is 0 Å². The number of rotatable bonds is 6. The van der Waals surface area contributed by atoms with Crippen LogP contribution in [0.1, 0.15) is 50.8 Å². The van der Waals surface area contributed by atoms with E-state index in [1.807, 2.05) is 19.1 Å². The van der Waals surface area contributed by atoms with Crippen LogP contribution < -0.4 is 10.1 Å². The Morgan fingerprint density at radius 1 is 0.952 bits per heavy atom. The standard InChI is InChI=1S/C19H25NO/c1-5-21-19-9-7-6-8-18(19)15(4)20-17-12-10-16(11-13-17)14(2)3/h6-15,20H,5H2,1-4H3. The van der Waals surface area contributed by atoms with Crippen molar-refractivity contribution >= 4 is 5.69 Å². The number of anilines is 1. The van der Waals surface area contributed by atoms with Crippen molar-refractivity contribution in [3.8, 4) is 5.75 Å². The van der Waals surface area contributed by atoms with E-state index in [2.05, 4.69) is 62.5 Å². The molecule has 0 spiro atoms. The predicted molar refractivity (Wildman–Crippen MR) is 90.2 cm³/mol. The fraction of sp³-hybridized carbons (Fsp3) is 0.368. The molecular weight excluding hydrogens is 258 g/mol. The Kier molecular flexibility index (Phi) is 5.26. The first-order valence-corrected chi connectivity index (χ1v) is 7.70. The molecule has 0 aromatic heterocycles. The van der Waals surface area contributed by atoms with Crippen molar-refractivity contribution in [1.82, 2.24) is 0 Å². The molecule has 2 rings (SSSR count). The van der Waals surface area contributed by atoms with E-state index in [4.69, 9.17) is 4.74 Å². The van der Waals surface area contributed by atoms with Crippen molar-refractivity contribution < 1.29 is 4.74 Å². The summed E-state index contributed by atoms with van der Waals surface area (Å²) in [6.45, 7) is 9.29. The lowest BCUT2D eigenvalue weighted by Gasteiger charge is -2.19. The zero-order chi connectivity index (χ0) is 15.2. The molecule has 112 valence electrons. The molecule has 1 atom stereocenters. The van der Waals surface area contributed by atoms with Gasteiger partial charge in [0.05, 0.1) is 12.6 Å². The second-order valence-electron chi connectivity index (χ2n) is 5.61. The number of para-hydroxylation sites is 1. The predicted octanol–water partition coefficient (Wildman–Crippen LogP) is 5.38. The minimum atomic E-state index is 0.206. The van der Waals surface area contributed by atoms with Crippen LogP contribution >= 0.6 is 0 Å². The van der Waals surface area contributed by atoms with Crippen molar-refractivity contribution in [1.29, 1.82) is 0 Å². The number of hydrogen-bond donors (Lipinski definition) is 1. The first kappa shape index (κ1) is 15.4. The van der Waals surface area contributed by atoms with Gasteiger partial charge >= 0.3 is 0 Å². The lowest BCUT2D eigenvalue weighted by atomic mass is 10.0. The van der Waals surface area contributed by atoms with Gasteiger partial charge in [0.2, 0.25) is 0 Å². The fourth-order valence-corrected chi connectivity index (χ4v) is 2.42. The van der Waals surface area contributed by atoms with E-state index in [9.17, 15) is 0 Å². The van der Waals surface area contributed by atoms with Crippen LogP contribution in [0.15, 0.2) is 48.5 Å². The maximum Gasteiger partial charge on any atom is 0.124 e. The molecule has 1 N–H and O–H groups in total. The normalized spacial score (nSPS) is 12.2. The topological polar surface area (TPSA) is 21.3 Å². The van der Waals surface area contributed by atoms with Gasteiger partial charge in [0, 0.05) is 11.3 Å². The molecule has 0 saturated heterocycles. The highest BCUT2D eigenvalue weighted by Gasteiger charge is 2.11. The summed E-state index contributed by atoms with van der Waals surface area (Å²) in [7, 11) is 0. The summed E-state index contributed by atoms with van der Waals surface area (Å²) in [6, 6.07) is 17.1. The fourth-order valence-electron chi connectivity index (χ4n) is 2.42. The molecule has 2 aromatic carbocycles. The minimum Gasteiger partial charge on any atom is -0.494 e. The summed E-state index contributed by atoms with van der Waals surface area (Å²) < 4.78 is 5.71. The molecule has 0 aliphatic rings. The Labute approximate surface area is 128 Å². The van der Waals surface area contributed by atoms with Gasteiger partial charge in [-0.3, -0.25) is 0 Å². The number of ether oxygens (including phenoxy) is 1. The molecule has 0 bridgehead atoms. The highest BCUT2D eigenvalue weighted by atomic mass is 16.5. The SMILES string of the molecule is CCOc1ccccc1C(C)Nc1ccc(C(C)C)cc1. The summed E-state index contributed by atoms with van der Waals surface area (Å²) in [4.78, 5) is 0. The number of hydrogen-bond acceptors (Lipinski definition) is 2. The third-order valence-corrected chi connectivity index (χ3v) is 3.65. The first-order chi connectivity index (χ1) is 10.1. The Morgan fingerprint density at radius 2 is 1.62 bits per heavy atom. The molecule has 0 radical (unpaired) electrons. The van der Waals surface area contributed by atoms with Gasteiger partial charge in [-0.05, 0) is 43.5 Å². The van der Waals surface area contributed by atoms with Crippen LogP contribution in [-0.4, -0.2) is 6.61 Å². The maximum atomic E-state index is 5.71. The van der Waals surface area contributed by atoms with E-state index < -0.39 is 0 Å². The Balaban J connectivity index is 2.12. The molecule has 0 amide bonds. The lowest BCUT2D eigenvalue weighted by molar-refractivity contribution is 0.335. The Bertz CT molecular complexity index is 560. The van der Waals surface area contributed by atoms with Gasteiger partial charge in [-0.15, -0.1) is 0 Å². The van der Waals surface area contributed by atoms with E-state index >= 15 is 0 Å². The molecule has 0 aliphatic carbocycles. The third kappa shape index (κ3) is 4.01. The van der Waals surface area contributed by atoms with Crippen LogP contribution in [-0.2, 0) is 0 Å². The van der Waals surface area contributed by atoms with E-state index in [0.29, 0.717) is 12.5 Å². The van der Waals surface area contributed by atoms with Crippen LogP contribution in [0.3, 0.4) is 0 Å². The molecule has 0 fully saturated rings. The quantitative estimate of drug-likeness (QED) is 0.768. The first-order valence-electron chi connectivity index (χ1n) is 7.70. The van der Waals surface area contributed by atoms with Crippen LogP contribution in [0.2, 0.25) is 0 Å². The summed E-state index contributed by atoms with van der Waals surface area (Å²) in [6.07, 6.45) is 0. The van der Waals surface area contributed by atoms with Crippen molar-refractivity contribution in [3.05, 3.63) is 59.7 Å². The van der Waals surface area contributed by atoms with Gasteiger partial charge in [0.15, 0.2) is 0 Å². The van der Waals surface area contributed by atoms with Crippen molar-refractivity contribution in [2.24, 2.45) is 0 Å². The summed E-state index contributed by atoms with van der Waals surface area (Å²) in [5.74, 6) is 1.52. The number of nitrogens with one attached hydrogen (secondary N) is 1. The van der Waals surface area contributed by atoms with Gasteiger partial charge in [0.25, 0.3) is 0 Å². The molecule has 1 unspecified atom stereocenters. The Hall–Kier alpha value is -1.96. The Morgan fingerprint density at radius 3 is 2.24 bits per heavy atom. The largest absolute Gasteiger partial charge is 0.494 e. The molecular formula is C19H25NO. The molecule has 2 aromatic rings. The smallest absolute Gasteiger partial charge is 0.124 e. The molecule has 21 heavy (non-hydrogen) atoms. The van der Waals surface area contributed by atoms with Crippen molar-refractivity contribution in [2.45, 2.75) is 39.7 Å². The van der Waals surface area contributed by atoms with Crippen LogP contribution in [0.5, 0.6) is 5.75 Å². The molecule has 0 heterocycles. The van der Waals surface area contributed by atoms with Gasteiger partial charge in [-0.25, -0.2) is 0 Å². The summed E-state index contributed by atoms with van der Waals surface area (Å²) in [5.41, 5.74) is 3.69. The molecule has 0 aliphatic heterocycles. The van der Waals surface area contributed by atoms with Gasteiger partial charge in [-0.2, -0.15) is 0 Å². The lowest BCUT2D eigenvalue weighted by Crippen LogP contribution is -2.09.